The lowest BCUT2D eigenvalue weighted by molar-refractivity contribution is -0.116. The number of benzene rings is 2. The summed E-state index contributed by atoms with van der Waals surface area (Å²) < 4.78 is 0. The fourth-order valence-corrected chi connectivity index (χ4v) is 3.88. The van der Waals surface area contributed by atoms with Gasteiger partial charge in [0.25, 0.3) is 5.91 Å². The van der Waals surface area contributed by atoms with Gasteiger partial charge in [-0.1, -0.05) is 30.3 Å². The van der Waals surface area contributed by atoms with E-state index in [1.54, 1.807) is 35.5 Å². The summed E-state index contributed by atoms with van der Waals surface area (Å²) in [6.45, 7) is 0.730. The third kappa shape index (κ3) is 4.04. The minimum Gasteiger partial charge on any atom is -0.345 e. The molecule has 0 fully saturated rings. The van der Waals surface area contributed by atoms with Gasteiger partial charge in [-0.25, -0.2) is 9.97 Å². The molecule has 140 valence electrons. The van der Waals surface area contributed by atoms with Crippen molar-refractivity contribution in [2.24, 2.45) is 0 Å². The lowest BCUT2D eigenvalue weighted by Gasteiger charge is -2.29. The number of amides is 2. The molecule has 1 aliphatic rings. The molecule has 6 nitrogen and oxygen atoms in total. The van der Waals surface area contributed by atoms with Crippen molar-refractivity contribution in [1.82, 2.24) is 15.3 Å². The molecular formula is C21H18N4O2S. The number of carbonyl (C=O) groups excluding carboxylic acids is 2. The number of anilines is 1. The van der Waals surface area contributed by atoms with Crippen molar-refractivity contribution in [3.63, 3.8) is 0 Å². The van der Waals surface area contributed by atoms with Crippen LogP contribution < -0.4 is 10.2 Å². The van der Waals surface area contributed by atoms with E-state index in [0.717, 1.165) is 16.1 Å². The van der Waals surface area contributed by atoms with E-state index in [9.17, 15) is 9.59 Å². The molecule has 0 radical (unpaired) electrons. The molecule has 28 heavy (non-hydrogen) atoms. The topological polar surface area (TPSA) is 75.2 Å². The van der Waals surface area contributed by atoms with Crippen LogP contribution in [0.1, 0.15) is 21.7 Å². The Labute approximate surface area is 167 Å². The summed E-state index contributed by atoms with van der Waals surface area (Å²) in [5.41, 5.74) is 2.32. The van der Waals surface area contributed by atoms with Gasteiger partial charge in [-0.15, -0.1) is 11.8 Å². The number of hydrogen-bond donors (Lipinski definition) is 1. The molecule has 2 heterocycles. The van der Waals surface area contributed by atoms with Crippen LogP contribution in [0.25, 0.3) is 0 Å². The van der Waals surface area contributed by atoms with Gasteiger partial charge in [0.1, 0.15) is 5.82 Å². The summed E-state index contributed by atoms with van der Waals surface area (Å²) in [5.74, 6) is 0.760. The van der Waals surface area contributed by atoms with Crippen LogP contribution >= 0.6 is 11.8 Å². The first-order valence-corrected chi connectivity index (χ1v) is 9.84. The highest BCUT2D eigenvalue weighted by Gasteiger charge is 2.26. The standard InChI is InChI=1S/C21H18N4O2S/c26-20-14-28-18-8-7-16(21(27)24-12-19-22-9-4-10-23-19)11-17(18)25(20)13-15-5-2-1-3-6-15/h1-11H,12-14H2,(H,24,27). The highest BCUT2D eigenvalue weighted by atomic mass is 32.2. The zero-order valence-electron chi connectivity index (χ0n) is 15.0. The first-order valence-electron chi connectivity index (χ1n) is 8.86. The second-order valence-corrected chi connectivity index (χ2v) is 7.30. The van der Waals surface area contributed by atoms with E-state index in [1.807, 2.05) is 36.4 Å². The van der Waals surface area contributed by atoms with Gasteiger partial charge in [-0.2, -0.15) is 0 Å². The molecule has 3 aromatic rings. The van der Waals surface area contributed by atoms with Gasteiger partial charge in [0.15, 0.2) is 0 Å². The predicted molar refractivity (Wildman–Crippen MR) is 108 cm³/mol. The van der Waals surface area contributed by atoms with E-state index in [1.165, 1.54) is 11.8 Å². The van der Waals surface area contributed by atoms with Crippen LogP contribution in [-0.4, -0.2) is 27.5 Å². The Morgan fingerprint density at radius 3 is 2.64 bits per heavy atom. The average Bonchev–Trinajstić information content (AvgIpc) is 2.75. The summed E-state index contributed by atoms with van der Waals surface area (Å²) in [7, 11) is 0. The number of carbonyl (C=O) groups is 2. The first-order chi connectivity index (χ1) is 13.7. The molecule has 1 aliphatic heterocycles. The minimum atomic E-state index is -0.224. The molecule has 2 aromatic carbocycles. The first kappa shape index (κ1) is 18.2. The van der Waals surface area contributed by atoms with Crippen LogP contribution in [0.5, 0.6) is 0 Å². The van der Waals surface area contributed by atoms with Crippen molar-refractivity contribution < 1.29 is 9.59 Å². The van der Waals surface area contributed by atoms with Crippen LogP contribution in [0.15, 0.2) is 71.9 Å². The lowest BCUT2D eigenvalue weighted by Crippen LogP contribution is -2.35. The van der Waals surface area contributed by atoms with Gasteiger partial charge in [0, 0.05) is 22.9 Å². The zero-order chi connectivity index (χ0) is 19.3. The van der Waals surface area contributed by atoms with Crippen LogP contribution in [0.3, 0.4) is 0 Å². The molecular weight excluding hydrogens is 372 g/mol. The van der Waals surface area contributed by atoms with Crippen LogP contribution in [-0.2, 0) is 17.9 Å². The van der Waals surface area contributed by atoms with Gasteiger partial charge in [-0.3, -0.25) is 9.59 Å². The Kier molecular flexibility index (Phi) is 5.34. The monoisotopic (exact) mass is 390 g/mol. The fraction of sp³-hybridized carbons (Fsp3) is 0.143. The fourth-order valence-electron chi connectivity index (χ4n) is 2.97. The quantitative estimate of drug-likeness (QED) is 0.725. The van der Waals surface area contributed by atoms with E-state index in [4.69, 9.17) is 0 Å². The van der Waals surface area contributed by atoms with Crippen LogP contribution in [0.4, 0.5) is 5.69 Å². The van der Waals surface area contributed by atoms with Crippen molar-refractivity contribution in [2.45, 2.75) is 18.0 Å². The number of rotatable bonds is 5. The zero-order valence-corrected chi connectivity index (χ0v) is 15.9. The molecule has 1 N–H and O–H groups in total. The molecule has 7 heteroatoms. The van der Waals surface area contributed by atoms with Gasteiger partial charge in [0.05, 0.1) is 24.5 Å². The highest BCUT2D eigenvalue weighted by Crippen LogP contribution is 2.36. The van der Waals surface area contributed by atoms with Crippen LogP contribution in [0.2, 0.25) is 0 Å². The summed E-state index contributed by atoms with van der Waals surface area (Å²) in [5, 5.41) is 2.82. The number of thioether (sulfide) groups is 1. The Morgan fingerprint density at radius 1 is 1.07 bits per heavy atom. The molecule has 0 saturated carbocycles. The number of hydrogen-bond acceptors (Lipinski definition) is 5. The maximum atomic E-state index is 12.6. The SMILES string of the molecule is O=C(NCc1ncccn1)c1ccc2c(c1)N(Cc1ccccc1)C(=O)CS2. The predicted octanol–water partition coefficient (Wildman–Crippen LogP) is 3.05. The van der Waals surface area contributed by atoms with E-state index >= 15 is 0 Å². The number of nitrogens with zero attached hydrogens (tertiary/aromatic N) is 3. The molecule has 2 amide bonds. The summed E-state index contributed by atoms with van der Waals surface area (Å²) >= 11 is 1.50. The van der Waals surface area contributed by atoms with E-state index in [-0.39, 0.29) is 18.4 Å². The van der Waals surface area contributed by atoms with E-state index < -0.39 is 0 Å². The summed E-state index contributed by atoms with van der Waals surface area (Å²) in [6.07, 6.45) is 3.27. The van der Waals surface area contributed by atoms with Crippen molar-refractivity contribution >= 4 is 29.3 Å². The third-order valence-electron chi connectivity index (χ3n) is 4.37. The van der Waals surface area contributed by atoms with Gasteiger partial charge < -0.3 is 10.2 Å². The largest absolute Gasteiger partial charge is 0.345 e. The van der Waals surface area contributed by atoms with Crippen molar-refractivity contribution in [2.75, 3.05) is 10.7 Å². The minimum absolute atomic E-state index is 0.0385. The number of nitrogens with one attached hydrogen (secondary N) is 1. The van der Waals surface area contributed by atoms with Gasteiger partial charge in [0.2, 0.25) is 5.91 Å². The highest BCUT2D eigenvalue weighted by molar-refractivity contribution is 8.00. The van der Waals surface area contributed by atoms with Gasteiger partial charge in [-0.05, 0) is 29.8 Å². The van der Waals surface area contributed by atoms with Crippen molar-refractivity contribution in [1.29, 1.82) is 0 Å². The van der Waals surface area contributed by atoms with Crippen molar-refractivity contribution in [3.05, 3.63) is 83.9 Å². The Bertz CT molecular complexity index is 996. The normalized spacial score (nSPS) is 13.1. The number of fused-ring (bicyclic) bond motifs is 1. The number of aromatic nitrogens is 2. The average molecular weight is 390 g/mol. The molecule has 0 bridgehead atoms. The van der Waals surface area contributed by atoms with E-state index in [0.29, 0.717) is 23.7 Å². The lowest BCUT2D eigenvalue weighted by atomic mass is 10.1. The Balaban J connectivity index is 1.55. The molecule has 0 saturated heterocycles. The summed E-state index contributed by atoms with van der Waals surface area (Å²) in [4.78, 5) is 36.1. The second kappa shape index (κ2) is 8.22. The molecule has 0 spiro atoms. The molecule has 1 aromatic heterocycles. The van der Waals surface area contributed by atoms with E-state index in [2.05, 4.69) is 15.3 Å². The smallest absolute Gasteiger partial charge is 0.251 e. The van der Waals surface area contributed by atoms with Crippen molar-refractivity contribution in [3.8, 4) is 0 Å². The molecule has 0 aliphatic carbocycles. The summed E-state index contributed by atoms with van der Waals surface area (Å²) in [6, 6.07) is 17.0. The maximum absolute atomic E-state index is 12.6. The second-order valence-electron chi connectivity index (χ2n) is 6.28. The molecule has 4 rings (SSSR count). The Morgan fingerprint density at radius 2 is 1.86 bits per heavy atom. The van der Waals surface area contributed by atoms with Gasteiger partial charge >= 0.3 is 0 Å². The molecule has 0 atom stereocenters. The van der Waals surface area contributed by atoms with Crippen LogP contribution in [0, 0.1) is 0 Å². The Hall–Kier alpha value is -3.19. The third-order valence-corrected chi connectivity index (χ3v) is 5.42. The maximum Gasteiger partial charge on any atom is 0.251 e. The molecule has 0 unspecified atom stereocenters.